The van der Waals surface area contributed by atoms with Crippen molar-refractivity contribution in [3.63, 3.8) is 0 Å². The van der Waals surface area contributed by atoms with E-state index >= 15 is 0 Å². The van der Waals surface area contributed by atoms with Gasteiger partial charge in [-0.3, -0.25) is 4.79 Å². The van der Waals surface area contributed by atoms with Gasteiger partial charge in [0.25, 0.3) is 5.91 Å². The van der Waals surface area contributed by atoms with E-state index in [4.69, 9.17) is 4.74 Å². The Bertz CT molecular complexity index is 699. The fourth-order valence-corrected chi connectivity index (χ4v) is 3.62. The van der Waals surface area contributed by atoms with Crippen LogP contribution in [0.1, 0.15) is 36.5 Å². The predicted octanol–water partition coefficient (Wildman–Crippen LogP) is 2.27. The zero-order valence-corrected chi connectivity index (χ0v) is 14.8. The van der Waals surface area contributed by atoms with Crippen molar-refractivity contribution in [3.8, 4) is 6.07 Å². The molecule has 2 aliphatic rings. The number of carbonyl (C=O) groups is 1. The van der Waals surface area contributed by atoms with Gasteiger partial charge in [-0.1, -0.05) is 18.2 Å². The quantitative estimate of drug-likeness (QED) is 0.675. The number of amides is 1. The summed E-state index contributed by atoms with van der Waals surface area (Å²) in [5, 5.41) is 12.9. The van der Waals surface area contributed by atoms with Crippen molar-refractivity contribution in [2.24, 2.45) is 0 Å². The summed E-state index contributed by atoms with van der Waals surface area (Å²) in [6.45, 7) is 5.77. The van der Waals surface area contributed by atoms with Gasteiger partial charge in [-0.2, -0.15) is 5.26 Å². The molecule has 1 N–H and O–H groups in total. The monoisotopic (exact) mass is 339 g/mol. The van der Waals surface area contributed by atoms with Crippen LogP contribution in [0.15, 0.2) is 23.8 Å². The summed E-state index contributed by atoms with van der Waals surface area (Å²) in [6.07, 6.45) is 4.42. The molecule has 1 aromatic carbocycles. The van der Waals surface area contributed by atoms with Crippen LogP contribution in [0.3, 0.4) is 0 Å². The summed E-state index contributed by atoms with van der Waals surface area (Å²) < 4.78 is 5.39. The average Bonchev–Trinajstić information content (AvgIpc) is 2.67. The zero-order valence-electron chi connectivity index (χ0n) is 14.8. The number of nitriles is 1. The van der Waals surface area contributed by atoms with Crippen LogP contribution in [0.5, 0.6) is 0 Å². The van der Waals surface area contributed by atoms with Crippen LogP contribution >= 0.6 is 0 Å². The van der Waals surface area contributed by atoms with E-state index in [-0.39, 0.29) is 17.5 Å². The number of rotatable bonds is 4. The molecule has 1 saturated heterocycles. The Balaban J connectivity index is 1.81. The number of nitrogens with one attached hydrogen (secondary N) is 1. The van der Waals surface area contributed by atoms with Crippen LogP contribution < -0.4 is 5.32 Å². The highest BCUT2D eigenvalue weighted by Gasteiger charge is 2.26. The van der Waals surface area contributed by atoms with Gasteiger partial charge in [0.1, 0.15) is 11.6 Å². The average molecular weight is 339 g/mol. The lowest BCUT2D eigenvalue weighted by atomic mass is 9.97. The molecule has 2 aliphatic heterocycles. The van der Waals surface area contributed by atoms with Gasteiger partial charge in [0, 0.05) is 32.3 Å². The molecule has 0 saturated carbocycles. The molecule has 132 valence electrons. The topological polar surface area (TPSA) is 65.4 Å². The van der Waals surface area contributed by atoms with E-state index in [9.17, 15) is 10.1 Å². The summed E-state index contributed by atoms with van der Waals surface area (Å²) in [6, 6.07) is 8.46. The standard InChI is InChI=1S/C20H25N3O2/c1-2-23(19-6-9-25-10-7-19)20(24)17(13-21)11-15-3-4-16-5-8-22-14-18(16)12-15/h3-4,11-12,19,22H,2,5-10,14H2,1H3. The minimum Gasteiger partial charge on any atom is -0.381 e. The fraction of sp³-hybridized carbons (Fsp3) is 0.500. The van der Waals surface area contributed by atoms with Gasteiger partial charge in [-0.25, -0.2) is 0 Å². The van der Waals surface area contributed by atoms with Crippen LogP contribution in [-0.4, -0.2) is 43.2 Å². The van der Waals surface area contributed by atoms with Gasteiger partial charge in [0.15, 0.2) is 0 Å². The molecule has 0 aromatic heterocycles. The van der Waals surface area contributed by atoms with Gasteiger partial charge < -0.3 is 15.0 Å². The molecule has 0 atom stereocenters. The lowest BCUT2D eigenvalue weighted by Crippen LogP contribution is -2.43. The lowest BCUT2D eigenvalue weighted by Gasteiger charge is -2.33. The smallest absolute Gasteiger partial charge is 0.264 e. The second-order valence-electron chi connectivity index (χ2n) is 6.56. The number of fused-ring (bicyclic) bond motifs is 1. The highest BCUT2D eigenvalue weighted by atomic mass is 16.5. The van der Waals surface area contributed by atoms with E-state index in [1.165, 1.54) is 11.1 Å². The van der Waals surface area contributed by atoms with Crippen molar-refractivity contribution in [2.75, 3.05) is 26.3 Å². The SMILES string of the molecule is CCN(C(=O)C(C#N)=Cc1ccc2c(c1)CNCC2)C1CCOCC1. The Labute approximate surface area is 149 Å². The number of nitrogens with zero attached hydrogens (tertiary/aromatic N) is 2. The predicted molar refractivity (Wildman–Crippen MR) is 96.7 cm³/mol. The van der Waals surface area contributed by atoms with Crippen molar-refractivity contribution in [2.45, 2.75) is 38.8 Å². The molecule has 0 spiro atoms. The molecule has 0 aliphatic carbocycles. The maximum Gasteiger partial charge on any atom is 0.264 e. The number of ether oxygens (including phenoxy) is 1. The van der Waals surface area contributed by atoms with Crippen molar-refractivity contribution >= 4 is 12.0 Å². The number of hydrogen-bond donors (Lipinski definition) is 1. The number of likely N-dealkylation sites (N-methyl/N-ethyl adjacent to an activating group) is 1. The molecule has 3 rings (SSSR count). The highest BCUT2D eigenvalue weighted by molar-refractivity contribution is 6.01. The zero-order chi connectivity index (χ0) is 17.6. The van der Waals surface area contributed by atoms with Gasteiger partial charge in [-0.15, -0.1) is 0 Å². The van der Waals surface area contributed by atoms with Crippen molar-refractivity contribution in [1.82, 2.24) is 10.2 Å². The molecule has 25 heavy (non-hydrogen) atoms. The van der Waals surface area contributed by atoms with Crippen LogP contribution in [0.4, 0.5) is 0 Å². The Morgan fingerprint density at radius 3 is 2.92 bits per heavy atom. The van der Waals surface area contributed by atoms with E-state index in [0.717, 1.165) is 37.9 Å². The molecule has 1 fully saturated rings. The first-order valence-corrected chi connectivity index (χ1v) is 9.06. The van der Waals surface area contributed by atoms with E-state index < -0.39 is 0 Å². The Kier molecular flexibility index (Phi) is 5.85. The van der Waals surface area contributed by atoms with Crippen LogP contribution in [0, 0.1) is 11.3 Å². The second kappa shape index (κ2) is 8.28. The molecule has 0 bridgehead atoms. The van der Waals surface area contributed by atoms with Crippen LogP contribution in [0.25, 0.3) is 6.08 Å². The summed E-state index contributed by atoms with van der Waals surface area (Å²) in [4.78, 5) is 14.7. The lowest BCUT2D eigenvalue weighted by molar-refractivity contribution is -0.130. The minimum atomic E-state index is -0.173. The first-order valence-electron chi connectivity index (χ1n) is 9.06. The molecular formula is C20H25N3O2. The fourth-order valence-electron chi connectivity index (χ4n) is 3.62. The maximum absolute atomic E-state index is 12.9. The van der Waals surface area contributed by atoms with Crippen molar-refractivity contribution < 1.29 is 9.53 Å². The van der Waals surface area contributed by atoms with E-state index in [2.05, 4.69) is 23.5 Å². The molecule has 5 heteroatoms. The normalized spacial score (nSPS) is 18.3. The molecule has 0 radical (unpaired) electrons. The van der Waals surface area contributed by atoms with Crippen LogP contribution in [0.2, 0.25) is 0 Å². The number of hydrogen-bond acceptors (Lipinski definition) is 4. The molecule has 5 nitrogen and oxygen atoms in total. The van der Waals surface area contributed by atoms with Crippen molar-refractivity contribution in [3.05, 3.63) is 40.5 Å². The van der Waals surface area contributed by atoms with Crippen molar-refractivity contribution in [1.29, 1.82) is 5.26 Å². The first kappa shape index (κ1) is 17.7. The number of carbonyl (C=O) groups excluding carboxylic acids is 1. The van der Waals surface area contributed by atoms with E-state index in [1.807, 2.05) is 17.9 Å². The summed E-state index contributed by atoms with van der Waals surface area (Å²) in [5.41, 5.74) is 3.71. The molecule has 2 heterocycles. The Morgan fingerprint density at radius 1 is 1.40 bits per heavy atom. The number of benzene rings is 1. The van der Waals surface area contributed by atoms with Gasteiger partial charge in [0.2, 0.25) is 0 Å². The largest absolute Gasteiger partial charge is 0.381 e. The first-order chi connectivity index (χ1) is 12.2. The molecule has 1 amide bonds. The maximum atomic E-state index is 12.9. The summed E-state index contributed by atoms with van der Waals surface area (Å²) >= 11 is 0. The van der Waals surface area contributed by atoms with E-state index in [1.54, 1.807) is 6.08 Å². The highest BCUT2D eigenvalue weighted by Crippen LogP contribution is 2.20. The minimum absolute atomic E-state index is 0.163. The summed E-state index contributed by atoms with van der Waals surface area (Å²) in [7, 11) is 0. The van der Waals surface area contributed by atoms with Crippen LogP contribution in [-0.2, 0) is 22.5 Å². The third-order valence-electron chi connectivity index (χ3n) is 5.01. The third-order valence-corrected chi connectivity index (χ3v) is 5.01. The Hall–Kier alpha value is -2.16. The molecule has 1 aromatic rings. The summed E-state index contributed by atoms with van der Waals surface area (Å²) in [5.74, 6) is -0.173. The second-order valence-corrected chi connectivity index (χ2v) is 6.56. The molecular weight excluding hydrogens is 314 g/mol. The third kappa shape index (κ3) is 4.09. The molecule has 0 unspecified atom stereocenters. The van der Waals surface area contributed by atoms with Gasteiger partial charge in [0.05, 0.1) is 0 Å². The van der Waals surface area contributed by atoms with E-state index in [0.29, 0.717) is 19.8 Å². The van der Waals surface area contributed by atoms with Gasteiger partial charge in [-0.05, 0) is 55.5 Å². The Morgan fingerprint density at radius 2 is 2.20 bits per heavy atom. The van der Waals surface area contributed by atoms with Gasteiger partial charge >= 0.3 is 0 Å².